The number of carbonyl (C=O) groups is 3. The number of Topliss-reactive ketones (excluding diaryl/α,β-unsaturated/α-hetero) is 1. The number of carbonyl (C=O) groups excluding carboxylic acids is 1. The molecule has 3 N–H and O–H groups in total. The first kappa shape index (κ1) is 29.2. The van der Waals surface area contributed by atoms with E-state index in [-0.39, 0.29) is 12.8 Å². The van der Waals surface area contributed by atoms with Gasteiger partial charge in [0.15, 0.2) is 5.78 Å². The molecule has 8 heteroatoms. The minimum atomic E-state index is -1.08. The molecule has 1 aliphatic carbocycles. The highest BCUT2D eigenvalue weighted by Crippen LogP contribution is 2.36. The molecule has 0 bridgehead atoms. The Labute approximate surface area is 228 Å². The van der Waals surface area contributed by atoms with Gasteiger partial charge in [0.1, 0.15) is 0 Å². The lowest BCUT2D eigenvalue weighted by Gasteiger charge is -2.20. The highest BCUT2D eigenvalue weighted by atomic mass is 35.5. The molecule has 1 fully saturated rings. The third-order valence-electron chi connectivity index (χ3n) is 6.84. The SMILES string of the molecule is O=C(CC1CCCCC1)c1ccc(CSc2c(Cl)ccc3c2CCNCC3)cc1.O=C(O)CCC(=O)O. The number of carboxylic acid groups (broad SMARTS) is 2. The molecule has 1 saturated carbocycles. The maximum absolute atomic E-state index is 12.6. The Morgan fingerprint density at radius 1 is 0.892 bits per heavy atom. The van der Waals surface area contributed by atoms with Gasteiger partial charge in [0.25, 0.3) is 0 Å². The topological polar surface area (TPSA) is 104 Å². The quantitative estimate of drug-likeness (QED) is 0.247. The normalized spacial score (nSPS) is 15.6. The molecule has 1 aliphatic heterocycles. The van der Waals surface area contributed by atoms with Crippen molar-refractivity contribution in [2.45, 2.75) is 74.9 Å². The van der Waals surface area contributed by atoms with Gasteiger partial charge in [0.05, 0.1) is 17.9 Å². The first-order valence-corrected chi connectivity index (χ1v) is 14.4. The summed E-state index contributed by atoms with van der Waals surface area (Å²) in [5, 5.41) is 20.1. The van der Waals surface area contributed by atoms with Crippen LogP contribution in [-0.4, -0.2) is 41.0 Å². The molecule has 0 unspecified atom stereocenters. The number of hydrogen-bond acceptors (Lipinski definition) is 5. The second-order valence-corrected chi connectivity index (χ2v) is 11.1. The molecule has 4 rings (SSSR count). The summed E-state index contributed by atoms with van der Waals surface area (Å²) < 4.78 is 0. The van der Waals surface area contributed by atoms with Crippen molar-refractivity contribution in [3.63, 3.8) is 0 Å². The molecular weight excluding hydrogens is 510 g/mol. The van der Waals surface area contributed by atoms with E-state index in [9.17, 15) is 14.4 Å². The highest BCUT2D eigenvalue weighted by molar-refractivity contribution is 7.98. The van der Waals surface area contributed by atoms with Crippen LogP contribution in [0, 0.1) is 5.92 Å². The number of benzene rings is 2. The number of rotatable bonds is 9. The van der Waals surface area contributed by atoms with Crippen molar-refractivity contribution < 1.29 is 24.6 Å². The first-order chi connectivity index (χ1) is 17.8. The average molecular weight is 546 g/mol. The lowest BCUT2D eigenvalue weighted by molar-refractivity contribution is -0.143. The van der Waals surface area contributed by atoms with Gasteiger partial charge >= 0.3 is 11.9 Å². The maximum Gasteiger partial charge on any atom is 0.303 e. The second-order valence-electron chi connectivity index (χ2n) is 9.67. The van der Waals surface area contributed by atoms with Crippen LogP contribution in [0.3, 0.4) is 0 Å². The molecule has 0 aromatic heterocycles. The summed E-state index contributed by atoms with van der Waals surface area (Å²) in [5.74, 6) is -0.378. The van der Waals surface area contributed by atoms with E-state index < -0.39 is 11.9 Å². The number of nitrogens with one attached hydrogen (secondary N) is 1. The number of thioether (sulfide) groups is 1. The Bertz CT molecular complexity index is 1050. The predicted octanol–water partition coefficient (Wildman–Crippen LogP) is 6.41. The zero-order valence-electron chi connectivity index (χ0n) is 21.1. The van der Waals surface area contributed by atoms with Crippen LogP contribution in [0.4, 0.5) is 0 Å². The summed E-state index contributed by atoms with van der Waals surface area (Å²) >= 11 is 8.38. The Kier molecular flexibility index (Phi) is 12.0. The lowest BCUT2D eigenvalue weighted by atomic mass is 9.85. The van der Waals surface area contributed by atoms with Crippen molar-refractivity contribution in [3.8, 4) is 0 Å². The molecule has 0 atom stereocenters. The lowest BCUT2D eigenvalue weighted by Crippen LogP contribution is -2.16. The second kappa shape index (κ2) is 15.2. The van der Waals surface area contributed by atoms with Crippen molar-refractivity contribution in [1.82, 2.24) is 5.32 Å². The molecule has 6 nitrogen and oxygen atoms in total. The van der Waals surface area contributed by atoms with Crippen LogP contribution in [0.15, 0.2) is 41.3 Å². The number of ketones is 1. The fraction of sp³-hybridized carbons (Fsp3) is 0.483. The van der Waals surface area contributed by atoms with E-state index in [1.807, 2.05) is 30.0 Å². The van der Waals surface area contributed by atoms with Crippen LogP contribution in [0.1, 0.15) is 78.4 Å². The summed E-state index contributed by atoms with van der Waals surface area (Å²) in [6, 6.07) is 12.5. The van der Waals surface area contributed by atoms with E-state index in [1.165, 1.54) is 53.7 Å². The summed E-state index contributed by atoms with van der Waals surface area (Å²) in [5.41, 5.74) is 4.93. The zero-order chi connectivity index (χ0) is 26.6. The summed E-state index contributed by atoms with van der Waals surface area (Å²) in [6.45, 7) is 2.05. The number of halogens is 1. The Morgan fingerprint density at radius 3 is 2.19 bits per heavy atom. The largest absolute Gasteiger partial charge is 0.481 e. The smallest absolute Gasteiger partial charge is 0.303 e. The molecule has 1 heterocycles. The molecule has 0 spiro atoms. The Morgan fingerprint density at radius 2 is 1.54 bits per heavy atom. The van der Waals surface area contributed by atoms with E-state index in [2.05, 4.69) is 23.5 Å². The molecular formula is C29H36ClNO5S. The van der Waals surface area contributed by atoms with Gasteiger partial charge in [-0.25, -0.2) is 0 Å². The van der Waals surface area contributed by atoms with Gasteiger partial charge in [-0.3, -0.25) is 14.4 Å². The first-order valence-electron chi connectivity index (χ1n) is 13.0. The number of hydrogen-bond donors (Lipinski definition) is 3. The highest BCUT2D eigenvalue weighted by Gasteiger charge is 2.18. The van der Waals surface area contributed by atoms with Gasteiger partial charge in [-0.15, -0.1) is 11.8 Å². The summed E-state index contributed by atoms with van der Waals surface area (Å²) in [4.78, 5) is 33.1. The summed E-state index contributed by atoms with van der Waals surface area (Å²) in [7, 11) is 0. The standard InChI is InChI=1S/C25H30ClNOS.C4H6O4/c26-23-11-10-20-12-14-27-15-13-22(20)25(23)29-17-19-6-8-21(9-7-19)24(28)16-18-4-2-1-3-5-18;5-3(6)1-2-4(7)8/h6-11,18,27H,1-5,12-17H2;1-2H2,(H,5,6)(H,7,8). The monoisotopic (exact) mass is 545 g/mol. The zero-order valence-corrected chi connectivity index (χ0v) is 22.7. The van der Waals surface area contributed by atoms with E-state index in [4.69, 9.17) is 21.8 Å². The fourth-order valence-electron chi connectivity index (χ4n) is 4.79. The van der Waals surface area contributed by atoms with Crippen molar-refractivity contribution in [3.05, 3.63) is 63.7 Å². The van der Waals surface area contributed by atoms with E-state index >= 15 is 0 Å². The van der Waals surface area contributed by atoms with Crippen LogP contribution >= 0.6 is 23.4 Å². The minimum Gasteiger partial charge on any atom is -0.481 e. The van der Waals surface area contributed by atoms with Crippen LogP contribution < -0.4 is 5.32 Å². The van der Waals surface area contributed by atoms with Crippen LogP contribution in [0.2, 0.25) is 5.02 Å². The third-order valence-corrected chi connectivity index (χ3v) is 8.50. The molecule has 0 radical (unpaired) electrons. The molecule has 0 amide bonds. The van der Waals surface area contributed by atoms with Crippen LogP contribution in [0.5, 0.6) is 0 Å². The molecule has 2 aromatic carbocycles. The predicted molar refractivity (Wildman–Crippen MR) is 148 cm³/mol. The van der Waals surface area contributed by atoms with Crippen molar-refractivity contribution >= 4 is 41.1 Å². The molecule has 0 saturated heterocycles. The van der Waals surface area contributed by atoms with Gasteiger partial charge in [-0.2, -0.15) is 0 Å². The number of carboxylic acids is 2. The van der Waals surface area contributed by atoms with Gasteiger partial charge in [0, 0.05) is 22.6 Å². The van der Waals surface area contributed by atoms with Crippen LogP contribution in [-0.2, 0) is 28.2 Å². The molecule has 2 aliphatic rings. The van der Waals surface area contributed by atoms with Gasteiger partial charge in [0.2, 0.25) is 0 Å². The van der Waals surface area contributed by atoms with E-state index in [0.29, 0.717) is 18.1 Å². The van der Waals surface area contributed by atoms with Crippen molar-refractivity contribution in [2.75, 3.05) is 13.1 Å². The maximum atomic E-state index is 12.6. The molecule has 37 heavy (non-hydrogen) atoms. The van der Waals surface area contributed by atoms with E-state index in [1.54, 1.807) is 0 Å². The number of fused-ring (bicyclic) bond motifs is 1. The Balaban J connectivity index is 0.000000414. The van der Waals surface area contributed by atoms with E-state index in [0.717, 1.165) is 42.3 Å². The Hall–Kier alpha value is -2.35. The van der Waals surface area contributed by atoms with Gasteiger partial charge < -0.3 is 15.5 Å². The average Bonchev–Trinajstić information content (AvgIpc) is 3.14. The van der Waals surface area contributed by atoms with Gasteiger partial charge in [-0.05, 0) is 54.6 Å². The fourth-order valence-corrected chi connectivity index (χ4v) is 6.25. The minimum absolute atomic E-state index is 0.296. The molecule has 200 valence electrons. The van der Waals surface area contributed by atoms with Crippen LogP contribution in [0.25, 0.3) is 0 Å². The third kappa shape index (κ3) is 9.80. The van der Waals surface area contributed by atoms with Crippen molar-refractivity contribution in [1.29, 1.82) is 0 Å². The number of aliphatic carboxylic acids is 2. The summed E-state index contributed by atoms with van der Waals surface area (Å²) in [6.07, 6.45) is 8.58. The molecule has 2 aromatic rings. The van der Waals surface area contributed by atoms with Gasteiger partial charge in [-0.1, -0.05) is 74.0 Å². The van der Waals surface area contributed by atoms with Crippen molar-refractivity contribution in [2.24, 2.45) is 5.92 Å².